The Morgan fingerprint density at radius 2 is 1.90 bits per heavy atom. The second kappa shape index (κ2) is 8.55. The van der Waals surface area contributed by atoms with Gasteiger partial charge < -0.3 is 14.6 Å². The van der Waals surface area contributed by atoms with Gasteiger partial charge in [-0.3, -0.25) is 9.80 Å². The SMILES string of the molecule is COCCOCC(O)CN1CCN(C(C)(C)C#N)CC1. The fraction of sp³-hybridized carbons (Fsp3) is 0.929. The lowest BCUT2D eigenvalue weighted by Crippen LogP contribution is -2.55. The summed E-state index contributed by atoms with van der Waals surface area (Å²) in [4.78, 5) is 4.40. The average molecular weight is 285 g/mol. The van der Waals surface area contributed by atoms with E-state index < -0.39 is 11.6 Å². The Morgan fingerprint density at radius 1 is 1.25 bits per heavy atom. The summed E-state index contributed by atoms with van der Waals surface area (Å²) in [5.41, 5.74) is -0.409. The van der Waals surface area contributed by atoms with Crippen molar-refractivity contribution in [1.82, 2.24) is 9.80 Å². The second-order valence-electron chi connectivity index (χ2n) is 5.68. The molecule has 0 aromatic rings. The summed E-state index contributed by atoms with van der Waals surface area (Å²) in [7, 11) is 1.63. The van der Waals surface area contributed by atoms with E-state index in [1.807, 2.05) is 13.8 Å². The normalized spacial score (nSPS) is 19.8. The summed E-state index contributed by atoms with van der Waals surface area (Å²) in [6.07, 6.45) is -0.470. The number of piperazine rings is 1. The zero-order valence-electron chi connectivity index (χ0n) is 12.8. The quantitative estimate of drug-likeness (QED) is 0.630. The molecule has 0 saturated carbocycles. The first-order valence-electron chi connectivity index (χ1n) is 7.13. The van der Waals surface area contributed by atoms with Gasteiger partial charge in [0.05, 0.1) is 32.0 Å². The summed E-state index contributed by atoms with van der Waals surface area (Å²) >= 11 is 0. The van der Waals surface area contributed by atoms with Crippen LogP contribution in [0, 0.1) is 11.3 Å². The first kappa shape index (κ1) is 17.3. The van der Waals surface area contributed by atoms with E-state index in [0.717, 1.165) is 26.2 Å². The van der Waals surface area contributed by atoms with Gasteiger partial charge in [-0.25, -0.2) is 0 Å². The molecule has 0 bridgehead atoms. The molecule has 6 heteroatoms. The molecule has 1 atom stereocenters. The van der Waals surface area contributed by atoms with E-state index in [2.05, 4.69) is 15.9 Å². The Bertz CT molecular complexity index is 309. The minimum Gasteiger partial charge on any atom is -0.389 e. The lowest BCUT2D eigenvalue weighted by atomic mass is 10.0. The maximum Gasteiger partial charge on any atom is 0.103 e. The van der Waals surface area contributed by atoms with Crippen molar-refractivity contribution in [3.05, 3.63) is 0 Å². The largest absolute Gasteiger partial charge is 0.389 e. The molecule has 0 aromatic carbocycles. The van der Waals surface area contributed by atoms with Gasteiger partial charge in [-0.15, -0.1) is 0 Å². The molecule has 6 nitrogen and oxygen atoms in total. The fourth-order valence-electron chi connectivity index (χ4n) is 2.27. The molecule has 1 fully saturated rings. The van der Waals surface area contributed by atoms with Gasteiger partial charge in [0.1, 0.15) is 5.54 Å². The van der Waals surface area contributed by atoms with Gasteiger partial charge >= 0.3 is 0 Å². The number of β-amino-alcohol motifs (C(OH)–C–C–N with tert-alkyl or cyclic N) is 1. The van der Waals surface area contributed by atoms with E-state index in [-0.39, 0.29) is 0 Å². The maximum absolute atomic E-state index is 9.90. The lowest BCUT2D eigenvalue weighted by Gasteiger charge is -2.40. The zero-order chi connectivity index (χ0) is 15.0. The van der Waals surface area contributed by atoms with Crippen molar-refractivity contribution in [1.29, 1.82) is 5.26 Å². The van der Waals surface area contributed by atoms with Crippen LogP contribution in [0.25, 0.3) is 0 Å². The summed E-state index contributed by atoms with van der Waals surface area (Å²) in [6, 6.07) is 2.33. The third-order valence-corrected chi connectivity index (χ3v) is 3.65. The Morgan fingerprint density at radius 3 is 2.45 bits per heavy atom. The molecule has 1 aliphatic heterocycles. The highest BCUT2D eigenvalue weighted by molar-refractivity contribution is 5.02. The summed E-state index contributed by atoms with van der Waals surface area (Å²) in [6.45, 7) is 9.38. The fourth-order valence-corrected chi connectivity index (χ4v) is 2.27. The number of hydrogen-bond acceptors (Lipinski definition) is 6. The highest BCUT2D eigenvalue weighted by Crippen LogP contribution is 2.15. The molecule has 20 heavy (non-hydrogen) atoms. The highest BCUT2D eigenvalue weighted by Gasteiger charge is 2.30. The third-order valence-electron chi connectivity index (χ3n) is 3.65. The van der Waals surface area contributed by atoms with E-state index in [4.69, 9.17) is 14.7 Å². The number of hydrogen-bond donors (Lipinski definition) is 1. The lowest BCUT2D eigenvalue weighted by molar-refractivity contribution is -0.0109. The second-order valence-corrected chi connectivity index (χ2v) is 5.68. The van der Waals surface area contributed by atoms with Crippen molar-refractivity contribution in [2.24, 2.45) is 0 Å². The van der Waals surface area contributed by atoms with Crippen LogP contribution in [-0.4, -0.2) is 86.2 Å². The molecule has 0 spiro atoms. The molecular formula is C14H27N3O3. The van der Waals surface area contributed by atoms with E-state index in [1.54, 1.807) is 7.11 Å². The van der Waals surface area contributed by atoms with Crippen LogP contribution in [0.5, 0.6) is 0 Å². The number of aliphatic hydroxyl groups is 1. The van der Waals surface area contributed by atoms with Crippen LogP contribution in [0.15, 0.2) is 0 Å². The number of rotatable bonds is 8. The van der Waals surface area contributed by atoms with Crippen molar-refractivity contribution in [3.63, 3.8) is 0 Å². The zero-order valence-corrected chi connectivity index (χ0v) is 12.8. The first-order chi connectivity index (χ1) is 9.49. The molecule has 0 aromatic heterocycles. The number of nitrogens with zero attached hydrogens (tertiary/aromatic N) is 3. The Labute approximate surface area is 121 Å². The average Bonchev–Trinajstić information content (AvgIpc) is 2.44. The van der Waals surface area contributed by atoms with Crippen molar-refractivity contribution >= 4 is 0 Å². The predicted octanol–water partition coefficient (Wildman–Crippen LogP) is -0.0699. The molecule has 1 rings (SSSR count). The van der Waals surface area contributed by atoms with Crippen LogP contribution >= 0.6 is 0 Å². The molecule has 1 N–H and O–H groups in total. The Hall–Kier alpha value is -0.710. The van der Waals surface area contributed by atoms with Gasteiger partial charge in [-0.2, -0.15) is 5.26 Å². The monoisotopic (exact) mass is 285 g/mol. The van der Waals surface area contributed by atoms with Gasteiger partial charge in [-0.05, 0) is 13.8 Å². The van der Waals surface area contributed by atoms with Crippen LogP contribution in [0.3, 0.4) is 0 Å². The molecule has 1 saturated heterocycles. The molecule has 0 radical (unpaired) electrons. The minimum atomic E-state index is -0.470. The van der Waals surface area contributed by atoms with E-state index >= 15 is 0 Å². The number of ether oxygens (including phenoxy) is 2. The van der Waals surface area contributed by atoms with Gasteiger partial charge in [0.2, 0.25) is 0 Å². The van der Waals surface area contributed by atoms with E-state index in [9.17, 15) is 5.11 Å². The number of nitriles is 1. The van der Waals surface area contributed by atoms with Crippen LogP contribution in [0.4, 0.5) is 0 Å². The van der Waals surface area contributed by atoms with E-state index in [0.29, 0.717) is 26.4 Å². The van der Waals surface area contributed by atoms with Gasteiger partial charge in [0.15, 0.2) is 0 Å². The van der Waals surface area contributed by atoms with Crippen molar-refractivity contribution in [2.45, 2.75) is 25.5 Å². The topological polar surface area (TPSA) is 69.0 Å². The van der Waals surface area contributed by atoms with Gasteiger partial charge in [0, 0.05) is 39.8 Å². The molecule has 0 aliphatic carbocycles. The standard InChI is InChI=1S/C14H27N3O3/c1-14(2,12-15)17-6-4-16(5-7-17)10-13(18)11-20-9-8-19-3/h13,18H,4-11H2,1-3H3. The molecule has 116 valence electrons. The molecular weight excluding hydrogens is 258 g/mol. The van der Waals surface area contributed by atoms with Crippen molar-refractivity contribution in [3.8, 4) is 6.07 Å². The van der Waals surface area contributed by atoms with Crippen LogP contribution in [0.2, 0.25) is 0 Å². The predicted molar refractivity (Wildman–Crippen MR) is 76.4 cm³/mol. The van der Waals surface area contributed by atoms with Crippen molar-refractivity contribution in [2.75, 3.05) is 59.7 Å². The van der Waals surface area contributed by atoms with Gasteiger partial charge in [-0.1, -0.05) is 0 Å². The number of aliphatic hydroxyl groups excluding tert-OH is 1. The molecule has 0 amide bonds. The summed E-state index contributed by atoms with van der Waals surface area (Å²) < 4.78 is 10.2. The van der Waals surface area contributed by atoms with Crippen LogP contribution in [-0.2, 0) is 9.47 Å². The Kier molecular flexibility index (Phi) is 7.41. The minimum absolute atomic E-state index is 0.341. The smallest absolute Gasteiger partial charge is 0.103 e. The maximum atomic E-state index is 9.90. The molecule has 1 heterocycles. The number of methoxy groups -OCH3 is 1. The molecule has 1 unspecified atom stereocenters. The van der Waals surface area contributed by atoms with Crippen molar-refractivity contribution < 1.29 is 14.6 Å². The molecule has 1 aliphatic rings. The summed E-state index contributed by atoms with van der Waals surface area (Å²) in [5.74, 6) is 0. The van der Waals surface area contributed by atoms with Crippen LogP contribution in [0.1, 0.15) is 13.8 Å². The van der Waals surface area contributed by atoms with E-state index in [1.165, 1.54) is 0 Å². The summed E-state index contributed by atoms with van der Waals surface area (Å²) in [5, 5.41) is 19.0. The van der Waals surface area contributed by atoms with Gasteiger partial charge in [0.25, 0.3) is 0 Å². The van der Waals surface area contributed by atoms with Crippen LogP contribution < -0.4 is 0 Å². The highest BCUT2D eigenvalue weighted by atomic mass is 16.5. The third kappa shape index (κ3) is 5.73. The first-order valence-corrected chi connectivity index (χ1v) is 7.13. The Balaban J connectivity index is 2.20.